The van der Waals surface area contributed by atoms with Crippen molar-refractivity contribution in [3.05, 3.63) is 35.4 Å². The van der Waals surface area contributed by atoms with E-state index >= 15 is 0 Å². The summed E-state index contributed by atoms with van der Waals surface area (Å²) in [7, 11) is 0. The Hall–Kier alpha value is -0.960. The van der Waals surface area contributed by atoms with Crippen LogP contribution in [-0.2, 0) is 0 Å². The predicted octanol–water partition coefficient (Wildman–Crippen LogP) is 2.37. The Morgan fingerprint density at radius 3 is 2.17 bits per heavy atom. The van der Waals surface area contributed by atoms with Gasteiger partial charge in [-0.1, -0.05) is 6.92 Å². The van der Waals surface area contributed by atoms with E-state index in [9.17, 15) is 8.78 Å². The minimum atomic E-state index is -0.575. The lowest BCUT2D eigenvalue weighted by molar-refractivity contribution is 0.571. The lowest BCUT2D eigenvalue weighted by Crippen LogP contribution is -2.09. The second-order valence-electron chi connectivity index (χ2n) is 2.72. The fourth-order valence-corrected chi connectivity index (χ4v) is 1.02. The molecule has 0 aliphatic carbocycles. The number of halogens is 2. The molecule has 3 heteroatoms. The summed E-state index contributed by atoms with van der Waals surface area (Å²) < 4.78 is 25.3. The first-order valence-electron chi connectivity index (χ1n) is 3.85. The van der Waals surface area contributed by atoms with Crippen LogP contribution in [0.4, 0.5) is 8.78 Å². The number of hydrogen-bond donors (Lipinski definition) is 1. The van der Waals surface area contributed by atoms with Gasteiger partial charge in [0.25, 0.3) is 0 Å². The van der Waals surface area contributed by atoms with Gasteiger partial charge >= 0.3 is 0 Å². The summed E-state index contributed by atoms with van der Waals surface area (Å²) in [5, 5.41) is 0. The van der Waals surface area contributed by atoms with Gasteiger partial charge < -0.3 is 5.73 Å². The van der Waals surface area contributed by atoms with E-state index in [2.05, 4.69) is 0 Å². The van der Waals surface area contributed by atoms with Crippen molar-refractivity contribution in [2.45, 2.75) is 19.4 Å². The summed E-state index contributed by atoms with van der Waals surface area (Å²) in [6, 6.07) is 3.08. The van der Waals surface area contributed by atoms with Gasteiger partial charge in [-0.05, 0) is 24.1 Å². The zero-order chi connectivity index (χ0) is 9.14. The van der Waals surface area contributed by atoms with E-state index in [-0.39, 0.29) is 6.04 Å². The summed E-state index contributed by atoms with van der Waals surface area (Å²) >= 11 is 0. The zero-order valence-electron chi connectivity index (χ0n) is 6.85. The maximum atomic E-state index is 12.6. The maximum absolute atomic E-state index is 12.6. The van der Waals surface area contributed by atoms with E-state index < -0.39 is 11.6 Å². The van der Waals surface area contributed by atoms with Gasteiger partial charge in [0, 0.05) is 12.1 Å². The van der Waals surface area contributed by atoms with Crippen LogP contribution in [0.15, 0.2) is 18.2 Å². The molecule has 0 radical (unpaired) electrons. The molecule has 1 aromatic rings. The Morgan fingerprint density at radius 2 is 1.75 bits per heavy atom. The monoisotopic (exact) mass is 171 g/mol. The molecule has 0 unspecified atom stereocenters. The predicted molar refractivity (Wildman–Crippen MR) is 43.6 cm³/mol. The summed E-state index contributed by atoms with van der Waals surface area (Å²) in [5.41, 5.74) is 6.11. The molecule has 0 aromatic heterocycles. The van der Waals surface area contributed by atoms with Crippen LogP contribution in [0.5, 0.6) is 0 Å². The van der Waals surface area contributed by atoms with Crippen LogP contribution >= 0.6 is 0 Å². The van der Waals surface area contributed by atoms with Crippen molar-refractivity contribution in [1.29, 1.82) is 0 Å². The van der Waals surface area contributed by atoms with Crippen molar-refractivity contribution in [3.63, 3.8) is 0 Å². The van der Waals surface area contributed by atoms with E-state index in [1.165, 1.54) is 12.1 Å². The Kier molecular flexibility index (Phi) is 2.76. The Bertz CT molecular complexity index is 253. The standard InChI is InChI=1S/C9H11F2N/c1-2-9(12)6-3-7(10)5-8(11)4-6/h3-5,9H,2,12H2,1H3/t9-/m0/s1. The molecule has 1 atom stereocenters. The molecule has 2 N–H and O–H groups in total. The highest BCUT2D eigenvalue weighted by Gasteiger charge is 2.06. The maximum Gasteiger partial charge on any atom is 0.126 e. The normalized spacial score (nSPS) is 13.0. The first-order valence-corrected chi connectivity index (χ1v) is 3.85. The van der Waals surface area contributed by atoms with Crippen molar-refractivity contribution in [1.82, 2.24) is 0 Å². The lowest BCUT2D eigenvalue weighted by atomic mass is 10.1. The quantitative estimate of drug-likeness (QED) is 0.726. The van der Waals surface area contributed by atoms with Crippen LogP contribution in [0.1, 0.15) is 24.9 Å². The summed E-state index contributed by atoms with van der Waals surface area (Å²) in [4.78, 5) is 0. The molecule has 0 aliphatic heterocycles. The van der Waals surface area contributed by atoms with Crippen molar-refractivity contribution in [2.75, 3.05) is 0 Å². The van der Waals surface area contributed by atoms with Crippen LogP contribution in [0, 0.1) is 11.6 Å². The van der Waals surface area contributed by atoms with E-state index in [1.54, 1.807) is 0 Å². The molecule has 0 amide bonds. The molecule has 1 rings (SSSR count). The van der Waals surface area contributed by atoms with Gasteiger partial charge in [-0.25, -0.2) is 8.78 Å². The molecule has 0 spiro atoms. The number of hydrogen-bond acceptors (Lipinski definition) is 1. The van der Waals surface area contributed by atoms with Gasteiger partial charge in [-0.3, -0.25) is 0 Å². The minimum absolute atomic E-state index is 0.282. The second-order valence-corrected chi connectivity index (χ2v) is 2.72. The SMILES string of the molecule is CC[C@H](N)c1cc(F)cc(F)c1. The first-order chi connectivity index (χ1) is 5.63. The fourth-order valence-electron chi connectivity index (χ4n) is 1.02. The third-order valence-corrected chi connectivity index (χ3v) is 1.75. The zero-order valence-corrected chi connectivity index (χ0v) is 6.85. The third kappa shape index (κ3) is 2.01. The smallest absolute Gasteiger partial charge is 0.126 e. The molecule has 0 bridgehead atoms. The molecule has 0 saturated carbocycles. The van der Waals surface area contributed by atoms with Crippen molar-refractivity contribution in [2.24, 2.45) is 5.73 Å². The fraction of sp³-hybridized carbons (Fsp3) is 0.333. The molecule has 0 saturated heterocycles. The minimum Gasteiger partial charge on any atom is -0.324 e. The first kappa shape index (κ1) is 9.13. The van der Waals surface area contributed by atoms with E-state index in [4.69, 9.17) is 5.73 Å². The van der Waals surface area contributed by atoms with Crippen LogP contribution < -0.4 is 5.73 Å². The number of nitrogens with two attached hydrogens (primary N) is 1. The highest BCUT2D eigenvalue weighted by Crippen LogP contribution is 2.16. The molecular weight excluding hydrogens is 160 g/mol. The van der Waals surface area contributed by atoms with Crippen molar-refractivity contribution >= 4 is 0 Å². The number of benzene rings is 1. The van der Waals surface area contributed by atoms with Gasteiger partial charge in [0.1, 0.15) is 11.6 Å². The van der Waals surface area contributed by atoms with E-state index in [0.717, 1.165) is 6.07 Å². The third-order valence-electron chi connectivity index (χ3n) is 1.75. The molecule has 66 valence electrons. The molecular formula is C9H11F2N. The Balaban J connectivity index is 3.00. The second kappa shape index (κ2) is 3.63. The van der Waals surface area contributed by atoms with E-state index in [0.29, 0.717) is 12.0 Å². The van der Waals surface area contributed by atoms with Crippen molar-refractivity contribution < 1.29 is 8.78 Å². The molecule has 1 aromatic carbocycles. The van der Waals surface area contributed by atoms with Gasteiger partial charge in [0.15, 0.2) is 0 Å². The van der Waals surface area contributed by atoms with Gasteiger partial charge in [-0.2, -0.15) is 0 Å². The molecule has 0 aliphatic rings. The average molecular weight is 171 g/mol. The number of rotatable bonds is 2. The van der Waals surface area contributed by atoms with Gasteiger partial charge in [0.05, 0.1) is 0 Å². The van der Waals surface area contributed by atoms with E-state index in [1.807, 2.05) is 6.92 Å². The highest BCUT2D eigenvalue weighted by atomic mass is 19.1. The van der Waals surface area contributed by atoms with Crippen LogP contribution in [-0.4, -0.2) is 0 Å². The topological polar surface area (TPSA) is 26.0 Å². The molecule has 0 fully saturated rings. The van der Waals surface area contributed by atoms with Crippen molar-refractivity contribution in [3.8, 4) is 0 Å². The summed E-state index contributed by atoms with van der Waals surface area (Å²) in [5.74, 6) is -1.15. The molecule has 1 nitrogen and oxygen atoms in total. The largest absolute Gasteiger partial charge is 0.324 e. The Labute approximate surface area is 70.2 Å². The average Bonchev–Trinajstić information content (AvgIpc) is 2.01. The van der Waals surface area contributed by atoms with Gasteiger partial charge in [0.2, 0.25) is 0 Å². The van der Waals surface area contributed by atoms with Gasteiger partial charge in [-0.15, -0.1) is 0 Å². The highest BCUT2D eigenvalue weighted by molar-refractivity contribution is 5.20. The summed E-state index contributed by atoms with van der Waals surface area (Å²) in [6.07, 6.45) is 0.670. The van der Waals surface area contributed by atoms with Crippen LogP contribution in [0.25, 0.3) is 0 Å². The van der Waals surface area contributed by atoms with Crippen LogP contribution in [0.2, 0.25) is 0 Å². The Morgan fingerprint density at radius 1 is 1.25 bits per heavy atom. The molecule has 0 heterocycles. The molecule has 12 heavy (non-hydrogen) atoms. The lowest BCUT2D eigenvalue weighted by Gasteiger charge is -2.08. The summed E-state index contributed by atoms with van der Waals surface area (Å²) in [6.45, 7) is 1.87. The van der Waals surface area contributed by atoms with Crippen LogP contribution in [0.3, 0.4) is 0 Å².